The number of hydrogen-bond acceptors (Lipinski definition) is 6. The molecule has 1 aromatic carbocycles. The minimum Gasteiger partial charge on any atom is -0.502 e. The maximum absolute atomic E-state index is 12.4. The number of aromatic hydroxyl groups is 1. The molecule has 3 aliphatic rings. The van der Waals surface area contributed by atoms with Crippen molar-refractivity contribution >= 4 is 23.7 Å². The van der Waals surface area contributed by atoms with Crippen LogP contribution in [0.15, 0.2) is 35.5 Å². The molecular formula is C16H13N3O5. The van der Waals surface area contributed by atoms with Gasteiger partial charge in [0.2, 0.25) is 0 Å². The minimum absolute atomic E-state index is 0.103. The largest absolute Gasteiger partial charge is 0.502 e. The Hall–Kier alpha value is -3.03. The first-order valence-electron chi connectivity index (χ1n) is 7.55. The first-order chi connectivity index (χ1) is 11.5. The second-order valence-electron chi connectivity index (χ2n) is 6.24. The van der Waals surface area contributed by atoms with Crippen LogP contribution in [-0.4, -0.2) is 33.1 Å². The van der Waals surface area contributed by atoms with Crippen molar-refractivity contribution in [3.05, 3.63) is 46.0 Å². The van der Waals surface area contributed by atoms with Crippen LogP contribution in [0, 0.1) is 33.8 Å². The Morgan fingerprint density at radius 1 is 1.21 bits per heavy atom. The Balaban J connectivity index is 1.59. The molecule has 24 heavy (non-hydrogen) atoms. The fourth-order valence-electron chi connectivity index (χ4n) is 3.89. The van der Waals surface area contributed by atoms with Crippen molar-refractivity contribution in [2.24, 2.45) is 28.8 Å². The summed E-state index contributed by atoms with van der Waals surface area (Å²) in [5.74, 6) is -1.55. The van der Waals surface area contributed by atoms with Crippen LogP contribution in [0.2, 0.25) is 0 Å². The first-order valence-corrected chi connectivity index (χ1v) is 7.55. The number of nitro benzene ring substituents is 1. The van der Waals surface area contributed by atoms with E-state index >= 15 is 0 Å². The molecule has 2 aliphatic carbocycles. The lowest BCUT2D eigenvalue weighted by molar-refractivity contribution is -0.385. The van der Waals surface area contributed by atoms with Crippen molar-refractivity contribution in [1.82, 2.24) is 5.01 Å². The number of imide groups is 1. The van der Waals surface area contributed by atoms with Gasteiger partial charge in [0.1, 0.15) is 0 Å². The summed E-state index contributed by atoms with van der Waals surface area (Å²) in [7, 11) is 0. The molecule has 8 nitrogen and oxygen atoms in total. The second-order valence-corrected chi connectivity index (χ2v) is 6.24. The summed E-state index contributed by atoms with van der Waals surface area (Å²) in [4.78, 5) is 35.0. The molecule has 2 bridgehead atoms. The number of allylic oxidation sites excluding steroid dienone is 2. The maximum atomic E-state index is 12.4. The molecule has 1 saturated carbocycles. The van der Waals surface area contributed by atoms with E-state index in [1.807, 2.05) is 12.2 Å². The molecule has 4 atom stereocenters. The number of carbonyl (C=O) groups excluding carboxylic acids is 2. The zero-order valence-electron chi connectivity index (χ0n) is 12.4. The standard InChI is InChI=1S/C16H13N3O5/c20-12-4-1-8(5-11(12)19(23)24)7-17-18-15(21)13-9-2-3-10(6-9)14(13)16(18)22/h1-5,7,9-10,13-14,20H,6H2/b17-7+. The van der Waals surface area contributed by atoms with Gasteiger partial charge >= 0.3 is 5.69 Å². The summed E-state index contributed by atoms with van der Waals surface area (Å²) in [6.45, 7) is 0. The normalized spacial score (nSPS) is 30.6. The van der Waals surface area contributed by atoms with E-state index in [1.54, 1.807) is 0 Å². The molecule has 1 aliphatic heterocycles. The van der Waals surface area contributed by atoms with Gasteiger partial charge in [-0.3, -0.25) is 19.7 Å². The Labute approximate surface area is 136 Å². The molecule has 1 heterocycles. The third-order valence-corrected chi connectivity index (χ3v) is 4.97. The van der Waals surface area contributed by atoms with Crippen LogP contribution < -0.4 is 0 Å². The van der Waals surface area contributed by atoms with E-state index in [0.717, 1.165) is 17.5 Å². The van der Waals surface area contributed by atoms with E-state index in [1.165, 1.54) is 18.3 Å². The van der Waals surface area contributed by atoms with E-state index < -0.39 is 16.4 Å². The third kappa shape index (κ3) is 1.96. The first kappa shape index (κ1) is 14.6. The van der Waals surface area contributed by atoms with E-state index in [9.17, 15) is 24.8 Å². The molecule has 2 fully saturated rings. The number of amides is 2. The average molecular weight is 327 g/mol. The molecular weight excluding hydrogens is 314 g/mol. The number of nitrogens with zero attached hydrogens (tertiary/aromatic N) is 3. The van der Waals surface area contributed by atoms with Gasteiger partial charge in [-0.25, -0.2) is 0 Å². The molecule has 1 aromatic rings. The van der Waals surface area contributed by atoms with Gasteiger partial charge in [0.05, 0.1) is 23.0 Å². The Bertz CT molecular complexity index is 801. The van der Waals surface area contributed by atoms with Crippen LogP contribution in [0.5, 0.6) is 5.75 Å². The summed E-state index contributed by atoms with van der Waals surface area (Å²) in [6.07, 6.45) is 6.05. The van der Waals surface area contributed by atoms with Gasteiger partial charge < -0.3 is 5.11 Å². The summed E-state index contributed by atoms with van der Waals surface area (Å²) in [6, 6.07) is 3.73. The van der Waals surface area contributed by atoms with E-state index in [-0.39, 0.29) is 35.5 Å². The van der Waals surface area contributed by atoms with Crippen molar-refractivity contribution < 1.29 is 19.6 Å². The van der Waals surface area contributed by atoms with E-state index in [0.29, 0.717) is 5.56 Å². The van der Waals surface area contributed by atoms with Crippen molar-refractivity contribution in [3.63, 3.8) is 0 Å². The van der Waals surface area contributed by atoms with E-state index in [2.05, 4.69) is 5.10 Å². The molecule has 4 unspecified atom stereocenters. The highest BCUT2D eigenvalue weighted by molar-refractivity contribution is 6.06. The molecule has 0 spiro atoms. The summed E-state index contributed by atoms with van der Waals surface area (Å²) < 4.78 is 0. The summed E-state index contributed by atoms with van der Waals surface area (Å²) in [5, 5.41) is 25.1. The fraction of sp³-hybridized carbons (Fsp3) is 0.312. The zero-order chi connectivity index (χ0) is 17.0. The summed E-state index contributed by atoms with van der Waals surface area (Å²) in [5.41, 5.74) is -0.143. The maximum Gasteiger partial charge on any atom is 0.311 e. The van der Waals surface area contributed by atoms with Crippen LogP contribution in [-0.2, 0) is 9.59 Å². The van der Waals surface area contributed by atoms with Gasteiger partial charge in [-0.2, -0.15) is 10.1 Å². The van der Waals surface area contributed by atoms with Gasteiger partial charge in [-0.05, 0) is 30.4 Å². The van der Waals surface area contributed by atoms with Crippen molar-refractivity contribution in [1.29, 1.82) is 0 Å². The molecule has 2 amide bonds. The van der Waals surface area contributed by atoms with Crippen LogP contribution in [0.4, 0.5) is 5.69 Å². The van der Waals surface area contributed by atoms with Crippen LogP contribution in [0.3, 0.4) is 0 Å². The number of phenolic OH excluding ortho intramolecular Hbond substituents is 1. The quantitative estimate of drug-likeness (QED) is 0.297. The van der Waals surface area contributed by atoms with Crippen molar-refractivity contribution in [3.8, 4) is 5.75 Å². The highest BCUT2D eigenvalue weighted by Gasteiger charge is 2.59. The van der Waals surface area contributed by atoms with Gasteiger partial charge in [0.25, 0.3) is 11.8 Å². The molecule has 0 radical (unpaired) electrons. The third-order valence-electron chi connectivity index (χ3n) is 4.97. The molecule has 4 rings (SSSR count). The van der Waals surface area contributed by atoms with Gasteiger partial charge in [-0.15, -0.1) is 0 Å². The predicted molar refractivity (Wildman–Crippen MR) is 81.9 cm³/mol. The number of fused-ring (bicyclic) bond motifs is 5. The van der Waals surface area contributed by atoms with Crippen molar-refractivity contribution in [2.45, 2.75) is 6.42 Å². The number of carbonyl (C=O) groups is 2. The topological polar surface area (TPSA) is 113 Å². The van der Waals surface area contributed by atoms with E-state index in [4.69, 9.17) is 0 Å². The lowest BCUT2D eigenvalue weighted by atomic mass is 9.85. The van der Waals surface area contributed by atoms with Crippen LogP contribution >= 0.6 is 0 Å². The summed E-state index contributed by atoms with van der Waals surface area (Å²) >= 11 is 0. The van der Waals surface area contributed by atoms with Crippen LogP contribution in [0.1, 0.15) is 12.0 Å². The lowest BCUT2D eigenvalue weighted by Crippen LogP contribution is -2.28. The SMILES string of the molecule is O=C1C2C3C=CC(C3)C2C(=O)N1/N=C/c1ccc(O)c([N+](=O)[O-])c1. The van der Waals surface area contributed by atoms with Crippen LogP contribution in [0.25, 0.3) is 0 Å². The molecule has 122 valence electrons. The minimum atomic E-state index is -0.716. The molecule has 8 heteroatoms. The monoisotopic (exact) mass is 327 g/mol. The Kier molecular flexibility index (Phi) is 3.02. The number of hydrazone groups is 1. The number of rotatable bonds is 3. The number of phenols is 1. The molecule has 1 saturated heterocycles. The lowest BCUT2D eigenvalue weighted by Gasteiger charge is -2.13. The second kappa shape index (κ2) is 4.98. The Morgan fingerprint density at radius 3 is 2.42 bits per heavy atom. The van der Waals surface area contributed by atoms with Crippen molar-refractivity contribution in [2.75, 3.05) is 0 Å². The van der Waals surface area contributed by atoms with Gasteiger partial charge in [0, 0.05) is 11.6 Å². The number of nitro groups is 1. The van der Waals surface area contributed by atoms with Gasteiger partial charge in [0.15, 0.2) is 5.75 Å². The molecule has 1 N–H and O–H groups in total. The predicted octanol–water partition coefficient (Wildman–Crippen LogP) is 1.44. The number of benzene rings is 1. The Morgan fingerprint density at radius 2 is 1.83 bits per heavy atom. The highest BCUT2D eigenvalue weighted by Crippen LogP contribution is 2.52. The zero-order valence-corrected chi connectivity index (χ0v) is 12.4. The smallest absolute Gasteiger partial charge is 0.311 e. The number of hydrogen-bond donors (Lipinski definition) is 1. The fourth-order valence-corrected chi connectivity index (χ4v) is 3.89. The van der Waals surface area contributed by atoms with Gasteiger partial charge in [-0.1, -0.05) is 12.2 Å². The average Bonchev–Trinajstić information content (AvgIpc) is 3.22. The molecule has 0 aromatic heterocycles. The highest BCUT2D eigenvalue weighted by atomic mass is 16.6.